The second-order valence-electron chi connectivity index (χ2n) is 3.84. The number of thioether (sulfide) groups is 1. The lowest BCUT2D eigenvalue weighted by molar-refractivity contribution is 0.0941. The smallest absolute Gasteiger partial charge is 0.271 e. The van der Waals surface area contributed by atoms with Crippen molar-refractivity contribution in [2.45, 2.75) is 6.92 Å². The maximum absolute atomic E-state index is 11.8. The zero-order valence-electron chi connectivity index (χ0n) is 9.86. The van der Waals surface area contributed by atoms with Crippen molar-refractivity contribution in [2.24, 2.45) is 13.0 Å². The van der Waals surface area contributed by atoms with Gasteiger partial charge < -0.3 is 11.1 Å². The van der Waals surface area contributed by atoms with Gasteiger partial charge in [0, 0.05) is 13.6 Å². The standard InChI is InChI=1S/C10H18N4OS/c1-7(6-16-3)4-12-10(15)9-8(11)5-13-14(9)2/h5,7H,4,6,11H2,1-3H3,(H,12,15). The maximum atomic E-state index is 11.8. The lowest BCUT2D eigenvalue weighted by Crippen LogP contribution is -2.31. The van der Waals surface area contributed by atoms with Crippen molar-refractivity contribution in [1.82, 2.24) is 15.1 Å². The van der Waals surface area contributed by atoms with Crippen LogP contribution in [-0.2, 0) is 7.05 Å². The molecular weight excluding hydrogens is 224 g/mol. The SMILES string of the molecule is CSCC(C)CNC(=O)c1c(N)cnn1C. The summed E-state index contributed by atoms with van der Waals surface area (Å²) in [6.45, 7) is 2.76. The average molecular weight is 242 g/mol. The molecule has 1 amide bonds. The first-order chi connectivity index (χ1) is 7.56. The Bertz CT molecular complexity index is 344. The molecule has 1 rings (SSSR count). The van der Waals surface area contributed by atoms with Crippen molar-refractivity contribution in [2.75, 3.05) is 24.3 Å². The molecule has 6 heteroatoms. The molecule has 0 radical (unpaired) electrons. The van der Waals surface area contributed by atoms with Crippen LogP contribution in [0.25, 0.3) is 0 Å². The Morgan fingerprint density at radius 2 is 2.44 bits per heavy atom. The molecule has 0 aliphatic carbocycles. The number of amides is 1. The summed E-state index contributed by atoms with van der Waals surface area (Å²) in [5, 5.41) is 6.79. The number of nitrogens with two attached hydrogens (primary N) is 1. The minimum absolute atomic E-state index is 0.162. The van der Waals surface area contributed by atoms with Crippen molar-refractivity contribution in [1.29, 1.82) is 0 Å². The topological polar surface area (TPSA) is 72.9 Å². The average Bonchev–Trinajstić information content (AvgIpc) is 2.56. The second kappa shape index (κ2) is 5.79. The van der Waals surface area contributed by atoms with Crippen LogP contribution in [0, 0.1) is 5.92 Å². The Morgan fingerprint density at radius 1 is 1.75 bits per heavy atom. The molecule has 3 N–H and O–H groups in total. The molecule has 0 aromatic carbocycles. The van der Waals surface area contributed by atoms with E-state index in [0.717, 1.165) is 5.75 Å². The molecule has 1 unspecified atom stereocenters. The summed E-state index contributed by atoms with van der Waals surface area (Å²) in [5.41, 5.74) is 6.50. The van der Waals surface area contributed by atoms with Crippen LogP contribution in [0.1, 0.15) is 17.4 Å². The molecule has 5 nitrogen and oxygen atoms in total. The Balaban J connectivity index is 2.53. The quantitative estimate of drug-likeness (QED) is 0.798. The molecule has 0 fully saturated rings. The number of aromatic nitrogens is 2. The third-order valence-electron chi connectivity index (χ3n) is 2.24. The Labute approximate surface area is 99.8 Å². The molecule has 0 spiro atoms. The molecule has 16 heavy (non-hydrogen) atoms. The lowest BCUT2D eigenvalue weighted by atomic mass is 10.2. The van der Waals surface area contributed by atoms with Crippen LogP contribution in [-0.4, -0.2) is 34.2 Å². The van der Waals surface area contributed by atoms with Gasteiger partial charge in [-0.25, -0.2) is 0 Å². The zero-order valence-corrected chi connectivity index (χ0v) is 10.7. The molecule has 0 aliphatic heterocycles. The van der Waals surface area contributed by atoms with Gasteiger partial charge in [-0.15, -0.1) is 0 Å². The van der Waals surface area contributed by atoms with E-state index in [2.05, 4.69) is 23.6 Å². The molecule has 1 aromatic heterocycles. The number of anilines is 1. The van der Waals surface area contributed by atoms with Gasteiger partial charge in [0.1, 0.15) is 5.69 Å². The highest BCUT2D eigenvalue weighted by Crippen LogP contribution is 2.09. The zero-order chi connectivity index (χ0) is 12.1. The van der Waals surface area contributed by atoms with Crippen LogP contribution >= 0.6 is 11.8 Å². The van der Waals surface area contributed by atoms with E-state index in [-0.39, 0.29) is 5.91 Å². The number of nitrogen functional groups attached to an aromatic ring is 1. The molecule has 1 atom stereocenters. The van der Waals surface area contributed by atoms with E-state index in [9.17, 15) is 4.79 Å². The number of hydrogen-bond donors (Lipinski definition) is 2. The van der Waals surface area contributed by atoms with Crippen molar-refractivity contribution >= 4 is 23.4 Å². The summed E-state index contributed by atoms with van der Waals surface area (Å²) >= 11 is 1.77. The predicted molar refractivity (Wildman–Crippen MR) is 67.5 cm³/mol. The summed E-state index contributed by atoms with van der Waals surface area (Å²) in [7, 11) is 1.70. The minimum Gasteiger partial charge on any atom is -0.396 e. The Hall–Kier alpha value is -1.17. The van der Waals surface area contributed by atoms with Crippen LogP contribution in [0.3, 0.4) is 0 Å². The first kappa shape index (κ1) is 12.9. The van der Waals surface area contributed by atoms with Gasteiger partial charge in [-0.3, -0.25) is 9.48 Å². The Morgan fingerprint density at radius 3 is 2.94 bits per heavy atom. The van der Waals surface area contributed by atoms with Crippen LogP contribution in [0.5, 0.6) is 0 Å². The fourth-order valence-electron chi connectivity index (χ4n) is 1.43. The van der Waals surface area contributed by atoms with Gasteiger partial charge >= 0.3 is 0 Å². The van der Waals surface area contributed by atoms with E-state index >= 15 is 0 Å². The van der Waals surface area contributed by atoms with E-state index in [1.807, 2.05) is 0 Å². The number of carbonyl (C=O) groups is 1. The van der Waals surface area contributed by atoms with Gasteiger partial charge in [0.2, 0.25) is 0 Å². The summed E-state index contributed by atoms with van der Waals surface area (Å²) in [6.07, 6.45) is 3.54. The van der Waals surface area contributed by atoms with E-state index < -0.39 is 0 Å². The van der Waals surface area contributed by atoms with Gasteiger partial charge in [0.05, 0.1) is 11.9 Å². The molecule has 90 valence electrons. The lowest BCUT2D eigenvalue weighted by Gasteiger charge is -2.11. The normalized spacial score (nSPS) is 12.4. The summed E-state index contributed by atoms with van der Waals surface area (Å²) < 4.78 is 1.49. The van der Waals surface area contributed by atoms with E-state index in [4.69, 9.17) is 5.73 Å². The minimum atomic E-state index is -0.162. The number of aryl methyl sites for hydroxylation is 1. The fraction of sp³-hybridized carbons (Fsp3) is 0.600. The van der Waals surface area contributed by atoms with Crippen molar-refractivity contribution in [3.05, 3.63) is 11.9 Å². The molecule has 0 aliphatic rings. The maximum Gasteiger partial charge on any atom is 0.271 e. The van der Waals surface area contributed by atoms with E-state index in [1.165, 1.54) is 10.9 Å². The highest BCUT2D eigenvalue weighted by molar-refractivity contribution is 7.98. The Kier molecular flexibility index (Phi) is 4.67. The number of hydrogen-bond acceptors (Lipinski definition) is 4. The summed E-state index contributed by atoms with van der Waals surface area (Å²) in [6, 6.07) is 0. The predicted octanol–water partition coefficient (Wildman–Crippen LogP) is 0.731. The van der Waals surface area contributed by atoms with Gasteiger partial charge in [0.25, 0.3) is 5.91 Å². The van der Waals surface area contributed by atoms with Crippen LogP contribution < -0.4 is 11.1 Å². The van der Waals surface area contributed by atoms with Gasteiger partial charge in [-0.05, 0) is 17.9 Å². The van der Waals surface area contributed by atoms with Crippen molar-refractivity contribution in [3.63, 3.8) is 0 Å². The van der Waals surface area contributed by atoms with E-state index in [0.29, 0.717) is 23.8 Å². The first-order valence-corrected chi connectivity index (χ1v) is 6.50. The van der Waals surface area contributed by atoms with Crippen LogP contribution in [0.4, 0.5) is 5.69 Å². The largest absolute Gasteiger partial charge is 0.396 e. The molecule has 0 bridgehead atoms. The van der Waals surface area contributed by atoms with Crippen molar-refractivity contribution < 1.29 is 4.79 Å². The summed E-state index contributed by atoms with van der Waals surface area (Å²) in [4.78, 5) is 11.8. The summed E-state index contributed by atoms with van der Waals surface area (Å²) in [5.74, 6) is 1.32. The van der Waals surface area contributed by atoms with Crippen molar-refractivity contribution in [3.8, 4) is 0 Å². The monoisotopic (exact) mass is 242 g/mol. The number of carbonyl (C=O) groups excluding carboxylic acids is 1. The van der Waals surface area contributed by atoms with Crippen LogP contribution in [0.2, 0.25) is 0 Å². The third kappa shape index (κ3) is 3.16. The number of nitrogens with one attached hydrogen (secondary N) is 1. The third-order valence-corrected chi connectivity index (χ3v) is 3.15. The number of nitrogens with zero attached hydrogens (tertiary/aromatic N) is 2. The highest BCUT2D eigenvalue weighted by atomic mass is 32.2. The molecular formula is C10H18N4OS. The highest BCUT2D eigenvalue weighted by Gasteiger charge is 2.15. The fourth-order valence-corrected chi connectivity index (χ4v) is 2.11. The first-order valence-electron chi connectivity index (χ1n) is 5.10. The second-order valence-corrected chi connectivity index (χ2v) is 4.75. The molecule has 1 heterocycles. The van der Waals surface area contributed by atoms with Crippen LogP contribution in [0.15, 0.2) is 6.20 Å². The van der Waals surface area contributed by atoms with E-state index in [1.54, 1.807) is 18.8 Å². The molecule has 0 saturated carbocycles. The van der Waals surface area contributed by atoms with Gasteiger partial charge in [-0.2, -0.15) is 16.9 Å². The number of rotatable bonds is 5. The van der Waals surface area contributed by atoms with Gasteiger partial charge in [-0.1, -0.05) is 6.92 Å². The molecule has 0 saturated heterocycles. The molecule has 1 aromatic rings. The van der Waals surface area contributed by atoms with Gasteiger partial charge in [0.15, 0.2) is 0 Å².